The number of carbonyl (C=O) groups excluding carboxylic acids is 1. The third kappa shape index (κ3) is 4.15. The minimum atomic E-state index is -4.77. The topological polar surface area (TPSA) is 83.1 Å². The van der Waals surface area contributed by atoms with E-state index in [9.17, 15) is 23.2 Å². The molecule has 1 aliphatic carbocycles. The van der Waals surface area contributed by atoms with Gasteiger partial charge in [-0.05, 0) is 36.8 Å². The predicted octanol–water partition coefficient (Wildman–Crippen LogP) is 6.38. The quantitative estimate of drug-likeness (QED) is 0.343. The highest BCUT2D eigenvalue weighted by Gasteiger charge is 2.37. The predicted molar refractivity (Wildman–Crippen MR) is 127 cm³/mol. The summed E-state index contributed by atoms with van der Waals surface area (Å²) < 4.78 is 42.2. The molecule has 0 spiro atoms. The molecule has 178 valence electrons. The summed E-state index contributed by atoms with van der Waals surface area (Å²) in [6.45, 7) is 2.12. The molecule has 0 unspecified atom stereocenters. The first kappa shape index (κ1) is 23.3. The third-order valence-corrected chi connectivity index (χ3v) is 7.48. The van der Waals surface area contributed by atoms with Gasteiger partial charge < -0.3 is 5.32 Å². The second kappa shape index (κ2) is 8.66. The zero-order valence-electron chi connectivity index (χ0n) is 18.3. The lowest BCUT2D eigenvalue weighted by Crippen LogP contribution is -2.16. The summed E-state index contributed by atoms with van der Waals surface area (Å²) in [4.78, 5) is 18.4. The standard InChI is InChI=1S/C24H17ClF3N5OS/c1-12-7-8-14-15(11-29)23(35-17(14)9-12)31-22(34)20-19(25)21-30-16(13-5-3-2-4-6-13)10-18(24(26,27)28)33(21)32-20/h2-6,10,12H,7-9H2,1H3,(H,31,34)/t12-/m0/s1. The van der Waals surface area contributed by atoms with E-state index in [2.05, 4.69) is 28.4 Å². The van der Waals surface area contributed by atoms with Crippen LogP contribution in [0.15, 0.2) is 36.4 Å². The maximum absolute atomic E-state index is 13.9. The molecule has 1 aliphatic rings. The van der Waals surface area contributed by atoms with Crippen LogP contribution in [0.1, 0.15) is 45.5 Å². The van der Waals surface area contributed by atoms with Crippen LogP contribution in [0.5, 0.6) is 0 Å². The molecule has 5 rings (SSSR count). The lowest BCUT2D eigenvalue weighted by molar-refractivity contribution is -0.142. The molecular weight excluding hydrogens is 499 g/mol. The van der Waals surface area contributed by atoms with Crippen LogP contribution in [-0.4, -0.2) is 20.5 Å². The van der Waals surface area contributed by atoms with Gasteiger partial charge in [0, 0.05) is 10.4 Å². The van der Waals surface area contributed by atoms with E-state index in [0.717, 1.165) is 35.8 Å². The van der Waals surface area contributed by atoms with E-state index in [1.807, 2.05) is 0 Å². The normalized spacial score (nSPS) is 15.6. The van der Waals surface area contributed by atoms with Crippen LogP contribution in [0.4, 0.5) is 18.2 Å². The molecule has 0 fully saturated rings. The monoisotopic (exact) mass is 515 g/mol. The van der Waals surface area contributed by atoms with Crippen molar-refractivity contribution in [3.8, 4) is 17.3 Å². The Morgan fingerprint density at radius 1 is 1.31 bits per heavy atom. The zero-order valence-corrected chi connectivity index (χ0v) is 19.9. The van der Waals surface area contributed by atoms with Crippen LogP contribution in [0.2, 0.25) is 5.02 Å². The summed E-state index contributed by atoms with van der Waals surface area (Å²) in [5.41, 5.74) is 0.00218. The van der Waals surface area contributed by atoms with Crippen LogP contribution in [0, 0.1) is 17.2 Å². The molecule has 0 bridgehead atoms. The van der Waals surface area contributed by atoms with Crippen LogP contribution >= 0.6 is 22.9 Å². The Kier molecular flexibility index (Phi) is 5.77. The van der Waals surface area contributed by atoms with Gasteiger partial charge in [0.1, 0.15) is 16.1 Å². The molecule has 6 nitrogen and oxygen atoms in total. The van der Waals surface area contributed by atoms with Crippen molar-refractivity contribution in [2.24, 2.45) is 5.92 Å². The molecule has 0 saturated carbocycles. The van der Waals surface area contributed by atoms with Gasteiger partial charge in [-0.25, -0.2) is 9.50 Å². The molecule has 1 amide bonds. The largest absolute Gasteiger partial charge is 0.433 e. The highest BCUT2D eigenvalue weighted by atomic mass is 35.5. The Morgan fingerprint density at radius 3 is 2.74 bits per heavy atom. The number of halogens is 4. The first-order valence-electron chi connectivity index (χ1n) is 10.7. The number of nitriles is 1. The van der Waals surface area contributed by atoms with Gasteiger partial charge in [0.25, 0.3) is 5.91 Å². The van der Waals surface area contributed by atoms with E-state index in [4.69, 9.17) is 11.6 Å². The average molecular weight is 516 g/mol. The van der Waals surface area contributed by atoms with Gasteiger partial charge in [-0.15, -0.1) is 11.3 Å². The Morgan fingerprint density at radius 2 is 2.06 bits per heavy atom. The fraction of sp³-hybridized carbons (Fsp3) is 0.250. The summed E-state index contributed by atoms with van der Waals surface area (Å²) >= 11 is 7.66. The second-order valence-corrected chi connectivity index (χ2v) is 9.89. The van der Waals surface area contributed by atoms with Gasteiger partial charge in [-0.1, -0.05) is 48.9 Å². The molecule has 1 N–H and O–H groups in total. The molecule has 0 radical (unpaired) electrons. The maximum atomic E-state index is 13.9. The Labute approximate surface area is 207 Å². The number of fused-ring (bicyclic) bond motifs is 2. The van der Waals surface area contributed by atoms with Crippen LogP contribution in [0.25, 0.3) is 16.9 Å². The van der Waals surface area contributed by atoms with Crippen LogP contribution < -0.4 is 5.32 Å². The summed E-state index contributed by atoms with van der Waals surface area (Å²) in [5, 5.41) is 16.2. The van der Waals surface area contributed by atoms with Gasteiger partial charge in [-0.3, -0.25) is 4.79 Å². The number of benzene rings is 1. The van der Waals surface area contributed by atoms with Crippen molar-refractivity contribution < 1.29 is 18.0 Å². The van der Waals surface area contributed by atoms with Crippen molar-refractivity contribution in [3.63, 3.8) is 0 Å². The van der Waals surface area contributed by atoms with Gasteiger partial charge in [0.2, 0.25) is 0 Å². The van der Waals surface area contributed by atoms with Gasteiger partial charge in [0.15, 0.2) is 17.0 Å². The smallest absolute Gasteiger partial charge is 0.311 e. The van der Waals surface area contributed by atoms with Crippen molar-refractivity contribution in [3.05, 3.63) is 68.8 Å². The lowest BCUT2D eigenvalue weighted by atomic mass is 9.89. The first-order chi connectivity index (χ1) is 16.7. The molecule has 11 heteroatoms. The van der Waals surface area contributed by atoms with E-state index in [-0.39, 0.29) is 16.4 Å². The fourth-order valence-electron chi connectivity index (χ4n) is 4.21. The van der Waals surface area contributed by atoms with Crippen molar-refractivity contribution >= 4 is 39.5 Å². The Bertz CT molecular complexity index is 1500. The lowest BCUT2D eigenvalue weighted by Gasteiger charge is -2.17. The summed E-state index contributed by atoms with van der Waals surface area (Å²) in [6.07, 6.45) is -2.28. The zero-order chi connectivity index (χ0) is 24.9. The van der Waals surface area contributed by atoms with E-state index in [1.165, 1.54) is 11.3 Å². The highest BCUT2D eigenvalue weighted by molar-refractivity contribution is 7.16. The van der Waals surface area contributed by atoms with Crippen molar-refractivity contribution in [2.75, 3.05) is 5.32 Å². The number of nitrogens with zero attached hydrogens (tertiary/aromatic N) is 4. The number of hydrogen-bond donors (Lipinski definition) is 1. The van der Waals surface area contributed by atoms with Gasteiger partial charge in [0.05, 0.1) is 11.3 Å². The molecule has 35 heavy (non-hydrogen) atoms. The summed E-state index contributed by atoms with van der Waals surface area (Å²) in [7, 11) is 0. The minimum absolute atomic E-state index is 0.0472. The van der Waals surface area contributed by atoms with E-state index >= 15 is 0 Å². The van der Waals surface area contributed by atoms with E-state index in [1.54, 1.807) is 30.3 Å². The van der Waals surface area contributed by atoms with Crippen molar-refractivity contribution in [1.29, 1.82) is 5.26 Å². The molecule has 3 aromatic heterocycles. The number of amides is 1. The van der Waals surface area contributed by atoms with E-state index in [0.29, 0.717) is 26.6 Å². The molecule has 0 saturated heterocycles. The average Bonchev–Trinajstić information content (AvgIpc) is 3.34. The van der Waals surface area contributed by atoms with Gasteiger partial charge >= 0.3 is 6.18 Å². The van der Waals surface area contributed by atoms with Crippen molar-refractivity contribution in [2.45, 2.75) is 32.4 Å². The molecule has 4 aromatic rings. The van der Waals surface area contributed by atoms with Crippen LogP contribution in [-0.2, 0) is 19.0 Å². The first-order valence-corrected chi connectivity index (χ1v) is 11.9. The number of nitrogens with one attached hydrogen (secondary N) is 1. The Hall–Kier alpha value is -3.42. The second-order valence-electron chi connectivity index (χ2n) is 8.41. The number of anilines is 1. The third-order valence-electron chi connectivity index (χ3n) is 5.96. The number of aromatic nitrogens is 3. The minimum Gasteiger partial charge on any atom is -0.311 e. The summed E-state index contributed by atoms with van der Waals surface area (Å²) in [6, 6.07) is 11.4. The summed E-state index contributed by atoms with van der Waals surface area (Å²) in [5.74, 6) is -0.340. The molecule has 1 aromatic carbocycles. The molecular formula is C24H17ClF3N5OS. The fourth-order valence-corrected chi connectivity index (χ4v) is 5.82. The van der Waals surface area contributed by atoms with Gasteiger partial charge in [-0.2, -0.15) is 23.5 Å². The molecule has 3 heterocycles. The number of thiophene rings is 1. The number of carbonyl (C=O) groups is 1. The van der Waals surface area contributed by atoms with Crippen molar-refractivity contribution in [1.82, 2.24) is 14.6 Å². The highest BCUT2D eigenvalue weighted by Crippen LogP contribution is 2.40. The van der Waals surface area contributed by atoms with E-state index < -0.39 is 23.5 Å². The SMILES string of the molecule is C[C@H]1CCc2c(sc(NC(=O)c3nn4c(C(F)(F)F)cc(-c5ccccc5)nc4c3Cl)c2C#N)C1. The maximum Gasteiger partial charge on any atom is 0.433 e. The molecule has 1 atom stereocenters. The number of rotatable bonds is 3. The number of hydrogen-bond acceptors (Lipinski definition) is 5. The molecule has 0 aliphatic heterocycles. The van der Waals surface area contributed by atoms with Crippen LogP contribution in [0.3, 0.4) is 0 Å². The number of alkyl halides is 3. The Balaban J connectivity index is 1.59.